The maximum Gasteiger partial charge on any atom is 0.242 e. The minimum Gasteiger partial charge on any atom is -0.350 e. The van der Waals surface area contributed by atoms with Gasteiger partial charge in [-0.15, -0.1) is 0 Å². The molecule has 0 fully saturated rings. The zero-order valence-electron chi connectivity index (χ0n) is 13.7. The van der Waals surface area contributed by atoms with E-state index in [-0.39, 0.29) is 0 Å². The molecule has 3 nitrogen and oxygen atoms in total. The molecule has 1 atom stereocenters. The standard InChI is InChI=1S/C18H19F3N2O/c1-11-5-4-6-12(9-11)17(23(2)3)18(24)22-10-13-14(19)7-8-15(20)16(13)21/h4-9,17H,10H2,1-3H3,(H,22,24)/t17-/m1/s1. The Bertz CT molecular complexity index is 747. The summed E-state index contributed by atoms with van der Waals surface area (Å²) in [6.45, 7) is 1.48. The molecule has 0 bridgehead atoms. The summed E-state index contributed by atoms with van der Waals surface area (Å²) in [5, 5.41) is 2.48. The molecule has 0 aliphatic carbocycles. The van der Waals surface area contributed by atoms with Crippen molar-refractivity contribution in [2.45, 2.75) is 19.5 Å². The first-order valence-electron chi connectivity index (χ1n) is 7.44. The van der Waals surface area contributed by atoms with Gasteiger partial charge in [0.2, 0.25) is 5.91 Å². The van der Waals surface area contributed by atoms with Crippen molar-refractivity contribution in [1.29, 1.82) is 0 Å². The predicted octanol–water partition coefficient (Wildman–Crippen LogP) is 3.33. The van der Waals surface area contributed by atoms with E-state index in [0.29, 0.717) is 6.07 Å². The molecular weight excluding hydrogens is 317 g/mol. The van der Waals surface area contributed by atoms with E-state index in [1.807, 2.05) is 25.1 Å². The number of nitrogens with zero attached hydrogens (tertiary/aromatic N) is 1. The van der Waals surface area contributed by atoms with Gasteiger partial charge in [-0.1, -0.05) is 29.8 Å². The van der Waals surface area contributed by atoms with E-state index in [1.54, 1.807) is 25.1 Å². The highest BCUT2D eigenvalue weighted by Crippen LogP contribution is 2.21. The molecule has 0 saturated heterocycles. The normalized spacial score (nSPS) is 12.3. The number of aryl methyl sites for hydroxylation is 1. The highest BCUT2D eigenvalue weighted by molar-refractivity contribution is 5.83. The molecule has 0 aromatic heterocycles. The topological polar surface area (TPSA) is 32.3 Å². The van der Waals surface area contributed by atoms with Gasteiger partial charge < -0.3 is 5.32 Å². The largest absolute Gasteiger partial charge is 0.350 e. The Balaban J connectivity index is 2.20. The molecule has 128 valence electrons. The summed E-state index contributed by atoms with van der Waals surface area (Å²) in [6, 6.07) is 8.35. The zero-order valence-corrected chi connectivity index (χ0v) is 13.7. The molecule has 0 radical (unpaired) electrons. The molecule has 0 unspecified atom stereocenters. The third kappa shape index (κ3) is 3.94. The van der Waals surface area contributed by atoms with Gasteiger partial charge in [0, 0.05) is 12.1 Å². The third-order valence-electron chi connectivity index (χ3n) is 3.70. The lowest BCUT2D eigenvalue weighted by Crippen LogP contribution is -2.37. The smallest absolute Gasteiger partial charge is 0.242 e. The summed E-state index contributed by atoms with van der Waals surface area (Å²) in [5.74, 6) is -3.75. The average molecular weight is 336 g/mol. The summed E-state index contributed by atoms with van der Waals surface area (Å²) in [5.41, 5.74) is 1.26. The molecule has 0 saturated carbocycles. The van der Waals surface area contributed by atoms with Gasteiger partial charge in [-0.2, -0.15) is 0 Å². The van der Waals surface area contributed by atoms with Crippen LogP contribution in [0, 0.1) is 24.4 Å². The van der Waals surface area contributed by atoms with Crippen LogP contribution >= 0.6 is 0 Å². The number of hydrogen-bond acceptors (Lipinski definition) is 2. The van der Waals surface area contributed by atoms with Crippen LogP contribution in [0.15, 0.2) is 36.4 Å². The first-order valence-corrected chi connectivity index (χ1v) is 7.44. The number of benzene rings is 2. The molecule has 2 rings (SSSR count). The number of amides is 1. The lowest BCUT2D eigenvalue weighted by atomic mass is 10.0. The lowest BCUT2D eigenvalue weighted by molar-refractivity contribution is -0.126. The molecule has 1 N–H and O–H groups in total. The van der Waals surface area contributed by atoms with E-state index in [9.17, 15) is 18.0 Å². The van der Waals surface area contributed by atoms with Crippen LogP contribution in [-0.2, 0) is 11.3 Å². The van der Waals surface area contributed by atoms with Crippen molar-refractivity contribution >= 4 is 5.91 Å². The molecule has 0 heterocycles. The van der Waals surface area contributed by atoms with Crippen molar-refractivity contribution < 1.29 is 18.0 Å². The van der Waals surface area contributed by atoms with Gasteiger partial charge in [-0.3, -0.25) is 9.69 Å². The van der Waals surface area contributed by atoms with Crippen LogP contribution in [0.3, 0.4) is 0 Å². The van der Waals surface area contributed by atoms with Gasteiger partial charge in [0.1, 0.15) is 11.9 Å². The SMILES string of the molecule is Cc1cccc([C@H](C(=O)NCc2c(F)ccc(F)c2F)N(C)C)c1. The fraction of sp³-hybridized carbons (Fsp3) is 0.278. The zero-order chi connectivity index (χ0) is 17.9. The van der Waals surface area contributed by atoms with Crippen LogP contribution in [0.25, 0.3) is 0 Å². The van der Waals surface area contributed by atoms with E-state index in [0.717, 1.165) is 17.2 Å². The van der Waals surface area contributed by atoms with E-state index in [1.165, 1.54) is 0 Å². The molecule has 6 heteroatoms. The fourth-order valence-corrected chi connectivity index (χ4v) is 2.53. The Morgan fingerprint density at radius 1 is 1.12 bits per heavy atom. The van der Waals surface area contributed by atoms with Crippen LogP contribution in [0.1, 0.15) is 22.7 Å². The Kier molecular flexibility index (Phi) is 5.62. The van der Waals surface area contributed by atoms with Crippen molar-refractivity contribution in [3.63, 3.8) is 0 Å². The van der Waals surface area contributed by atoms with Gasteiger partial charge in [-0.25, -0.2) is 13.2 Å². The Hall–Kier alpha value is -2.34. The van der Waals surface area contributed by atoms with Gasteiger partial charge in [0.05, 0.1) is 0 Å². The molecule has 24 heavy (non-hydrogen) atoms. The Morgan fingerprint density at radius 3 is 2.42 bits per heavy atom. The molecule has 1 amide bonds. The number of halogens is 3. The second kappa shape index (κ2) is 7.49. The van der Waals surface area contributed by atoms with Crippen molar-refractivity contribution in [3.05, 3.63) is 70.5 Å². The number of carbonyl (C=O) groups excluding carboxylic acids is 1. The van der Waals surface area contributed by atoms with Crippen molar-refractivity contribution in [2.75, 3.05) is 14.1 Å². The van der Waals surface area contributed by atoms with Crippen LogP contribution in [0.2, 0.25) is 0 Å². The van der Waals surface area contributed by atoms with Gasteiger partial charge in [-0.05, 0) is 38.7 Å². The summed E-state index contributed by atoms with van der Waals surface area (Å²) >= 11 is 0. The van der Waals surface area contributed by atoms with Gasteiger partial charge in [0.25, 0.3) is 0 Å². The van der Waals surface area contributed by atoms with E-state index >= 15 is 0 Å². The maximum atomic E-state index is 13.7. The molecule has 0 aliphatic rings. The van der Waals surface area contributed by atoms with Crippen molar-refractivity contribution in [2.24, 2.45) is 0 Å². The number of nitrogens with one attached hydrogen (secondary N) is 1. The maximum absolute atomic E-state index is 13.7. The third-order valence-corrected chi connectivity index (χ3v) is 3.70. The predicted molar refractivity (Wildman–Crippen MR) is 85.8 cm³/mol. The average Bonchev–Trinajstić information content (AvgIpc) is 2.51. The summed E-state index contributed by atoms with van der Waals surface area (Å²) in [6.07, 6.45) is 0. The van der Waals surface area contributed by atoms with E-state index < -0.39 is 41.5 Å². The number of rotatable bonds is 5. The number of hydrogen-bond donors (Lipinski definition) is 1. The van der Waals surface area contributed by atoms with Crippen LogP contribution in [0.5, 0.6) is 0 Å². The first-order chi connectivity index (χ1) is 11.3. The molecule has 0 spiro atoms. The van der Waals surface area contributed by atoms with E-state index in [2.05, 4.69) is 5.32 Å². The second-order valence-electron chi connectivity index (χ2n) is 5.82. The Labute approximate surface area is 139 Å². The molecule has 2 aromatic rings. The molecule has 2 aromatic carbocycles. The highest BCUT2D eigenvalue weighted by Gasteiger charge is 2.24. The number of likely N-dealkylation sites (N-methyl/N-ethyl adjacent to an activating group) is 1. The van der Waals surface area contributed by atoms with E-state index in [4.69, 9.17) is 0 Å². The summed E-state index contributed by atoms with van der Waals surface area (Å²) in [4.78, 5) is 14.2. The Morgan fingerprint density at radius 2 is 1.79 bits per heavy atom. The van der Waals surface area contributed by atoms with Gasteiger partial charge >= 0.3 is 0 Å². The lowest BCUT2D eigenvalue weighted by Gasteiger charge is -2.24. The summed E-state index contributed by atoms with van der Waals surface area (Å²) < 4.78 is 40.5. The van der Waals surface area contributed by atoms with Crippen LogP contribution < -0.4 is 5.32 Å². The summed E-state index contributed by atoms with van der Waals surface area (Å²) in [7, 11) is 3.46. The second-order valence-corrected chi connectivity index (χ2v) is 5.82. The first kappa shape index (κ1) is 18.0. The monoisotopic (exact) mass is 336 g/mol. The van der Waals surface area contributed by atoms with Crippen LogP contribution in [0.4, 0.5) is 13.2 Å². The highest BCUT2D eigenvalue weighted by atomic mass is 19.2. The van der Waals surface area contributed by atoms with Crippen molar-refractivity contribution in [1.82, 2.24) is 10.2 Å². The van der Waals surface area contributed by atoms with Crippen molar-refractivity contribution in [3.8, 4) is 0 Å². The number of carbonyl (C=O) groups is 1. The van der Waals surface area contributed by atoms with Gasteiger partial charge in [0.15, 0.2) is 11.6 Å². The fourth-order valence-electron chi connectivity index (χ4n) is 2.53. The minimum absolute atomic E-state index is 0.423. The van der Waals surface area contributed by atoms with Crippen LogP contribution in [-0.4, -0.2) is 24.9 Å². The quantitative estimate of drug-likeness (QED) is 0.850. The minimum atomic E-state index is -1.28. The molecule has 0 aliphatic heterocycles. The molecular formula is C18H19F3N2O.